The Bertz CT molecular complexity index is 771. The molecule has 0 unspecified atom stereocenters. The van der Waals surface area contributed by atoms with E-state index in [-0.39, 0.29) is 16.7 Å². The zero-order valence-corrected chi connectivity index (χ0v) is 11.5. The van der Waals surface area contributed by atoms with Gasteiger partial charge in [0.15, 0.2) is 0 Å². The van der Waals surface area contributed by atoms with Crippen LogP contribution in [0.3, 0.4) is 0 Å². The first-order valence-corrected chi connectivity index (χ1v) is 7.92. The summed E-state index contributed by atoms with van der Waals surface area (Å²) >= 11 is 0. The van der Waals surface area contributed by atoms with E-state index in [0.717, 1.165) is 25.7 Å². The van der Waals surface area contributed by atoms with Crippen LogP contribution in [0, 0.1) is 0 Å². The van der Waals surface area contributed by atoms with Gasteiger partial charge in [-0.15, -0.1) is 0 Å². The highest BCUT2D eigenvalue weighted by Crippen LogP contribution is 2.21. The smallest absolute Gasteiger partial charge is 0.306 e. The fourth-order valence-electron chi connectivity index (χ4n) is 2.36. The molecule has 0 spiro atoms. The largest absolute Gasteiger partial charge is 0.323 e. The molecule has 20 heavy (non-hydrogen) atoms. The topological polar surface area (TPSA) is 104 Å². The first-order chi connectivity index (χ1) is 9.54. The molecule has 0 radical (unpaired) electrons. The van der Waals surface area contributed by atoms with E-state index in [0.29, 0.717) is 11.0 Å². The molecule has 1 heterocycles. The van der Waals surface area contributed by atoms with E-state index in [9.17, 15) is 13.2 Å². The number of nitrogens with one attached hydrogen (secondary N) is 3. The van der Waals surface area contributed by atoms with Crippen LogP contribution in [0.2, 0.25) is 0 Å². The number of aromatic amines is 2. The number of H-pyrrole nitrogens is 2. The molecule has 1 aromatic carbocycles. The third kappa shape index (κ3) is 2.62. The Morgan fingerprint density at radius 1 is 1.15 bits per heavy atom. The van der Waals surface area contributed by atoms with Crippen LogP contribution in [-0.2, 0) is 14.9 Å². The summed E-state index contributed by atoms with van der Waals surface area (Å²) in [6.07, 6.45) is 3.80. The van der Waals surface area contributed by atoms with Crippen molar-refractivity contribution in [3.63, 3.8) is 0 Å². The van der Waals surface area contributed by atoms with Crippen molar-refractivity contribution < 1.29 is 13.3 Å². The highest BCUT2D eigenvalue weighted by molar-refractivity contribution is 7.89. The van der Waals surface area contributed by atoms with Gasteiger partial charge in [0.05, 0.1) is 22.0 Å². The predicted molar refractivity (Wildman–Crippen MR) is 72.6 cm³/mol. The van der Waals surface area contributed by atoms with Crippen molar-refractivity contribution in [3.05, 3.63) is 28.7 Å². The van der Waals surface area contributed by atoms with E-state index in [1.165, 1.54) is 18.2 Å². The third-order valence-corrected chi connectivity index (χ3v) is 4.61. The van der Waals surface area contributed by atoms with Crippen LogP contribution < -0.4 is 10.6 Å². The molecule has 0 atom stereocenters. The molecule has 1 aromatic heterocycles. The molecular weight excluding hydrogens is 282 g/mol. The Kier molecular flexibility index (Phi) is 3.36. The zero-order chi connectivity index (χ0) is 14.2. The molecule has 3 N–H and O–H groups in total. The maximum atomic E-state index is 12.1. The molecular formula is C12H15N3O4S. The first kappa shape index (κ1) is 13.3. The Morgan fingerprint density at radius 3 is 2.60 bits per heavy atom. The fraction of sp³-hybridized carbons (Fsp3) is 0.417. The third-order valence-electron chi connectivity index (χ3n) is 3.42. The number of aromatic nitrogens is 2. The number of rotatable bonds is 4. The van der Waals surface area contributed by atoms with E-state index in [4.69, 9.17) is 4.84 Å². The number of benzene rings is 1. The average molecular weight is 297 g/mol. The van der Waals surface area contributed by atoms with Gasteiger partial charge in [-0.3, -0.25) is 4.84 Å². The molecule has 1 fully saturated rings. The molecule has 1 saturated carbocycles. The van der Waals surface area contributed by atoms with E-state index in [2.05, 4.69) is 14.9 Å². The van der Waals surface area contributed by atoms with Gasteiger partial charge in [0.2, 0.25) is 0 Å². The van der Waals surface area contributed by atoms with Crippen LogP contribution in [0.5, 0.6) is 0 Å². The SMILES string of the molecule is O=c1[nH]c2ccc(S(=O)(=O)NOC3CCCC3)cc2[nH]1. The van der Waals surface area contributed by atoms with Crippen LogP contribution in [0.4, 0.5) is 0 Å². The van der Waals surface area contributed by atoms with Gasteiger partial charge >= 0.3 is 5.69 Å². The zero-order valence-electron chi connectivity index (χ0n) is 10.7. The van der Waals surface area contributed by atoms with Crippen LogP contribution in [0.15, 0.2) is 27.9 Å². The fourth-order valence-corrected chi connectivity index (χ4v) is 3.24. The number of hydrogen-bond acceptors (Lipinski definition) is 4. The number of fused-ring (bicyclic) bond motifs is 1. The molecule has 0 bridgehead atoms. The second kappa shape index (κ2) is 5.04. The van der Waals surface area contributed by atoms with Gasteiger partial charge in [0.1, 0.15) is 0 Å². The Hall–Kier alpha value is -1.64. The van der Waals surface area contributed by atoms with Crippen molar-refractivity contribution in [2.75, 3.05) is 0 Å². The van der Waals surface area contributed by atoms with E-state index in [1.807, 2.05) is 0 Å². The number of hydrogen-bond donors (Lipinski definition) is 3. The molecule has 0 aliphatic heterocycles. The summed E-state index contributed by atoms with van der Waals surface area (Å²) in [4.78, 5) is 23.7. The molecule has 7 nitrogen and oxygen atoms in total. The van der Waals surface area contributed by atoms with Crippen LogP contribution in [0.25, 0.3) is 11.0 Å². The monoisotopic (exact) mass is 297 g/mol. The summed E-state index contributed by atoms with van der Waals surface area (Å²) in [5, 5.41) is 0. The maximum Gasteiger partial charge on any atom is 0.323 e. The van der Waals surface area contributed by atoms with Crippen LogP contribution >= 0.6 is 0 Å². The summed E-state index contributed by atoms with van der Waals surface area (Å²) in [5.41, 5.74) is 0.633. The van der Waals surface area contributed by atoms with Crippen molar-refractivity contribution >= 4 is 21.1 Å². The van der Waals surface area contributed by atoms with Gasteiger partial charge in [-0.05, 0) is 31.0 Å². The van der Waals surface area contributed by atoms with Gasteiger partial charge in [-0.2, -0.15) is 0 Å². The highest BCUT2D eigenvalue weighted by atomic mass is 32.2. The summed E-state index contributed by atoms with van der Waals surface area (Å²) in [5.74, 6) is 0. The lowest BCUT2D eigenvalue weighted by Gasteiger charge is -2.11. The van der Waals surface area contributed by atoms with E-state index >= 15 is 0 Å². The van der Waals surface area contributed by atoms with Crippen molar-refractivity contribution in [1.29, 1.82) is 0 Å². The molecule has 0 saturated heterocycles. The van der Waals surface area contributed by atoms with Crippen molar-refractivity contribution in [2.24, 2.45) is 0 Å². The summed E-state index contributed by atoms with van der Waals surface area (Å²) in [6.45, 7) is 0. The predicted octanol–water partition coefficient (Wildman–Crippen LogP) is 1.01. The quantitative estimate of drug-likeness (QED) is 0.732. The average Bonchev–Trinajstić information content (AvgIpc) is 3.03. The molecule has 8 heteroatoms. The summed E-state index contributed by atoms with van der Waals surface area (Å²) in [7, 11) is -3.74. The van der Waals surface area contributed by atoms with E-state index < -0.39 is 10.0 Å². The van der Waals surface area contributed by atoms with Crippen molar-refractivity contribution in [1.82, 2.24) is 14.9 Å². The van der Waals surface area contributed by atoms with Gasteiger partial charge in [0.25, 0.3) is 10.0 Å². The van der Waals surface area contributed by atoms with Crippen LogP contribution in [-0.4, -0.2) is 24.5 Å². The molecule has 3 rings (SSSR count). The van der Waals surface area contributed by atoms with Crippen molar-refractivity contribution in [2.45, 2.75) is 36.7 Å². The molecule has 2 aromatic rings. The lowest BCUT2D eigenvalue weighted by Crippen LogP contribution is -2.28. The molecule has 108 valence electrons. The van der Waals surface area contributed by atoms with Gasteiger partial charge < -0.3 is 9.97 Å². The standard InChI is InChI=1S/C12H15N3O4S/c16-12-13-10-6-5-9(7-11(10)14-12)20(17,18)15-19-8-3-1-2-4-8/h5-8,15H,1-4H2,(H2,13,14,16). The lowest BCUT2D eigenvalue weighted by atomic mass is 10.3. The Balaban J connectivity index is 1.82. The Morgan fingerprint density at radius 2 is 1.85 bits per heavy atom. The summed E-state index contributed by atoms with van der Waals surface area (Å²) < 4.78 is 24.2. The van der Waals surface area contributed by atoms with Crippen molar-refractivity contribution in [3.8, 4) is 0 Å². The van der Waals surface area contributed by atoms with E-state index in [1.54, 1.807) is 0 Å². The summed E-state index contributed by atoms with van der Waals surface area (Å²) in [6, 6.07) is 4.36. The van der Waals surface area contributed by atoms with Gasteiger partial charge in [0, 0.05) is 0 Å². The number of imidazole rings is 1. The van der Waals surface area contributed by atoms with Gasteiger partial charge in [-0.1, -0.05) is 17.7 Å². The minimum absolute atomic E-state index is 0.0539. The second-order valence-electron chi connectivity index (χ2n) is 4.90. The maximum absolute atomic E-state index is 12.1. The molecule has 1 aliphatic carbocycles. The highest BCUT2D eigenvalue weighted by Gasteiger charge is 2.21. The van der Waals surface area contributed by atoms with Gasteiger partial charge in [-0.25, -0.2) is 13.2 Å². The van der Waals surface area contributed by atoms with Crippen LogP contribution in [0.1, 0.15) is 25.7 Å². The molecule has 1 aliphatic rings. The normalized spacial score (nSPS) is 17.0. The lowest BCUT2D eigenvalue weighted by molar-refractivity contribution is 0.0223. The molecule has 0 amide bonds. The number of sulfonamides is 1. The minimum Gasteiger partial charge on any atom is -0.306 e. The first-order valence-electron chi connectivity index (χ1n) is 6.44. The Labute approximate surface area is 115 Å². The second-order valence-corrected chi connectivity index (χ2v) is 6.54. The minimum atomic E-state index is -3.74.